The number of benzene rings is 1. The van der Waals surface area contributed by atoms with Crippen LogP contribution in [0.1, 0.15) is 25.8 Å². The lowest BCUT2D eigenvalue weighted by Crippen LogP contribution is -2.40. The molecule has 0 saturated carbocycles. The molecule has 3 amide bonds. The summed E-state index contributed by atoms with van der Waals surface area (Å²) in [4.78, 5) is 37.0. The molecule has 0 bridgehead atoms. The molecule has 2 N–H and O–H groups in total. The Kier molecular flexibility index (Phi) is 8.06. The van der Waals surface area contributed by atoms with Crippen LogP contribution < -0.4 is 10.6 Å². The number of hydrogen-bond acceptors (Lipinski definition) is 5. The SMILES string of the molecule is CC(C)CC(=O)NCC(=O)Nc1ccc(COC(=O)N2CCOCC2)cc1. The van der Waals surface area contributed by atoms with Crippen molar-refractivity contribution < 1.29 is 23.9 Å². The number of amides is 3. The minimum atomic E-state index is -0.354. The minimum absolute atomic E-state index is 0.0650. The van der Waals surface area contributed by atoms with E-state index in [1.807, 2.05) is 13.8 Å². The Morgan fingerprint density at radius 1 is 1.11 bits per heavy atom. The number of carbonyl (C=O) groups excluding carboxylic acids is 3. The molecular weight excluding hydrogens is 350 g/mol. The molecule has 8 nitrogen and oxygen atoms in total. The molecule has 1 aliphatic rings. The number of ether oxygens (including phenoxy) is 2. The van der Waals surface area contributed by atoms with Crippen molar-refractivity contribution in [1.82, 2.24) is 10.2 Å². The molecule has 1 aromatic carbocycles. The van der Waals surface area contributed by atoms with Gasteiger partial charge in [0.05, 0.1) is 19.8 Å². The number of rotatable bonds is 7. The van der Waals surface area contributed by atoms with Crippen LogP contribution in [0.25, 0.3) is 0 Å². The summed E-state index contributed by atoms with van der Waals surface area (Å²) >= 11 is 0. The third-order valence-electron chi connectivity index (χ3n) is 3.91. The average molecular weight is 377 g/mol. The van der Waals surface area contributed by atoms with Gasteiger partial charge < -0.3 is 25.0 Å². The first-order chi connectivity index (χ1) is 12.9. The maximum Gasteiger partial charge on any atom is 0.410 e. The quantitative estimate of drug-likeness (QED) is 0.755. The van der Waals surface area contributed by atoms with Gasteiger partial charge in [0.15, 0.2) is 0 Å². The fourth-order valence-electron chi connectivity index (χ4n) is 2.49. The zero-order valence-electron chi connectivity index (χ0n) is 15.8. The van der Waals surface area contributed by atoms with Crippen molar-refractivity contribution in [3.8, 4) is 0 Å². The number of anilines is 1. The summed E-state index contributed by atoms with van der Waals surface area (Å²) < 4.78 is 10.5. The van der Waals surface area contributed by atoms with Crippen molar-refractivity contribution in [3.05, 3.63) is 29.8 Å². The van der Waals surface area contributed by atoms with E-state index < -0.39 is 0 Å². The van der Waals surface area contributed by atoms with Gasteiger partial charge in [-0.25, -0.2) is 4.79 Å². The number of hydrogen-bond donors (Lipinski definition) is 2. The summed E-state index contributed by atoms with van der Waals surface area (Å²) in [6.45, 7) is 6.12. The third kappa shape index (κ3) is 7.65. The summed E-state index contributed by atoms with van der Waals surface area (Å²) in [7, 11) is 0. The lowest BCUT2D eigenvalue weighted by molar-refractivity contribution is -0.124. The van der Waals surface area contributed by atoms with Crippen LogP contribution in [0.5, 0.6) is 0 Å². The standard InChI is InChI=1S/C19H27N3O5/c1-14(2)11-17(23)20-12-18(24)21-16-5-3-15(4-6-16)13-27-19(25)22-7-9-26-10-8-22/h3-6,14H,7-13H2,1-2H3,(H,20,23)(H,21,24). The monoisotopic (exact) mass is 377 g/mol. The summed E-state index contributed by atoms with van der Waals surface area (Å²) in [5.74, 6) is -0.186. The van der Waals surface area contributed by atoms with Crippen molar-refractivity contribution >= 4 is 23.6 Å². The van der Waals surface area contributed by atoms with E-state index in [1.165, 1.54) is 0 Å². The molecule has 1 fully saturated rings. The van der Waals surface area contributed by atoms with Crippen LogP contribution >= 0.6 is 0 Å². The minimum Gasteiger partial charge on any atom is -0.445 e. The van der Waals surface area contributed by atoms with Gasteiger partial charge in [0.2, 0.25) is 11.8 Å². The van der Waals surface area contributed by atoms with E-state index >= 15 is 0 Å². The summed E-state index contributed by atoms with van der Waals surface area (Å²) in [5.41, 5.74) is 1.43. The Morgan fingerprint density at radius 3 is 2.41 bits per heavy atom. The first kappa shape index (κ1) is 20.7. The lowest BCUT2D eigenvalue weighted by atomic mass is 10.1. The van der Waals surface area contributed by atoms with Crippen molar-refractivity contribution in [3.63, 3.8) is 0 Å². The van der Waals surface area contributed by atoms with Gasteiger partial charge in [-0.3, -0.25) is 9.59 Å². The molecule has 0 aliphatic carbocycles. The lowest BCUT2D eigenvalue weighted by Gasteiger charge is -2.25. The second-order valence-electron chi connectivity index (χ2n) is 6.77. The van der Waals surface area contributed by atoms with E-state index in [4.69, 9.17) is 9.47 Å². The first-order valence-electron chi connectivity index (χ1n) is 9.09. The maximum absolute atomic E-state index is 11.9. The van der Waals surface area contributed by atoms with Gasteiger partial charge in [0.25, 0.3) is 0 Å². The third-order valence-corrected chi connectivity index (χ3v) is 3.91. The largest absolute Gasteiger partial charge is 0.445 e. The van der Waals surface area contributed by atoms with E-state index in [0.717, 1.165) is 5.56 Å². The van der Waals surface area contributed by atoms with Crippen LogP contribution in [0.15, 0.2) is 24.3 Å². The summed E-state index contributed by atoms with van der Waals surface area (Å²) in [5, 5.41) is 5.30. The fourth-order valence-corrected chi connectivity index (χ4v) is 2.49. The van der Waals surface area contributed by atoms with Gasteiger partial charge in [0, 0.05) is 25.2 Å². The van der Waals surface area contributed by atoms with Crippen LogP contribution in [0, 0.1) is 5.92 Å². The first-order valence-corrected chi connectivity index (χ1v) is 9.09. The molecule has 8 heteroatoms. The van der Waals surface area contributed by atoms with Crippen molar-refractivity contribution in [2.75, 3.05) is 38.2 Å². The highest BCUT2D eigenvalue weighted by molar-refractivity contribution is 5.94. The van der Waals surface area contributed by atoms with Gasteiger partial charge in [-0.1, -0.05) is 26.0 Å². The number of nitrogens with one attached hydrogen (secondary N) is 2. The molecule has 2 rings (SSSR count). The van der Waals surface area contributed by atoms with Crippen molar-refractivity contribution in [2.45, 2.75) is 26.9 Å². The maximum atomic E-state index is 11.9. The zero-order valence-corrected chi connectivity index (χ0v) is 15.8. The van der Waals surface area contributed by atoms with Crippen LogP contribution in [0.4, 0.5) is 10.5 Å². The smallest absolute Gasteiger partial charge is 0.410 e. The Balaban J connectivity index is 1.71. The molecule has 0 radical (unpaired) electrons. The van der Waals surface area contributed by atoms with Crippen molar-refractivity contribution in [1.29, 1.82) is 0 Å². The Bertz CT molecular complexity index is 639. The Morgan fingerprint density at radius 2 is 1.78 bits per heavy atom. The molecule has 1 aliphatic heterocycles. The highest BCUT2D eigenvalue weighted by atomic mass is 16.6. The van der Waals surface area contributed by atoms with Gasteiger partial charge in [0.1, 0.15) is 6.61 Å². The van der Waals surface area contributed by atoms with E-state index in [0.29, 0.717) is 38.4 Å². The van der Waals surface area contributed by atoms with Gasteiger partial charge in [-0.2, -0.15) is 0 Å². The highest BCUT2D eigenvalue weighted by Gasteiger charge is 2.17. The molecule has 0 unspecified atom stereocenters. The molecule has 148 valence electrons. The molecule has 1 heterocycles. The van der Waals surface area contributed by atoms with Crippen LogP contribution in [-0.4, -0.2) is 55.7 Å². The predicted octanol–water partition coefficient (Wildman–Crippen LogP) is 1.76. The molecule has 1 saturated heterocycles. The molecule has 27 heavy (non-hydrogen) atoms. The van der Waals surface area contributed by atoms with E-state index in [-0.39, 0.29) is 37.0 Å². The second kappa shape index (κ2) is 10.5. The summed E-state index contributed by atoms with van der Waals surface area (Å²) in [6, 6.07) is 7.01. The average Bonchev–Trinajstić information content (AvgIpc) is 2.66. The fraction of sp³-hybridized carbons (Fsp3) is 0.526. The number of morpholine rings is 1. The van der Waals surface area contributed by atoms with Gasteiger partial charge >= 0.3 is 6.09 Å². The van der Waals surface area contributed by atoms with E-state index in [1.54, 1.807) is 29.2 Å². The second-order valence-corrected chi connectivity index (χ2v) is 6.77. The Labute approximate surface area is 159 Å². The van der Waals surface area contributed by atoms with Gasteiger partial charge in [-0.15, -0.1) is 0 Å². The highest BCUT2D eigenvalue weighted by Crippen LogP contribution is 2.11. The molecule has 0 atom stereocenters. The zero-order chi connectivity index (χ0) is 19.6. The van der Waals surface area contributed by atoms with Crippen LogP contribution in [-0.2, 0) is 25.7 Å². The molecule has 0 aromatic heterocycles. The van der Waals surface area contributed by atoms with Crippen LogP contribution in [0.2, 0.25) is 0 Å². The van der Waals surface area contributed by atoms with E-state index in [9.17, 15) is 14.4 Å². The Hall–Kier alpha value is -2.61. The topological polar surface area (TPSA) is 97.0 Å². The molecule has 0 spiro atoms. The predicted molar refractivity (Wildman–Crippen MR) is 100 cm³/mol. The number of carbonyl (C=O) groups is 3. The van der Waals surface area contributed by atoms with Crippen LogP contribution in [0.3, 0.4) is 0 Å². The normalized spacial score (nSPS) is 14.0. The number of nitrogens with zero attached hydrogens (tertiary/aromatic N) is 1. The molecular formula is C19H27N3O5. The van der Waals surface area contributed by atoms with Gasteiger partial charge in [-0.05, 0) is 23.6 Å². The van der Waals surface area contributed by atoms with E-state index in [2.05, 4.69) is 10.6 Å². The van der Waals surface area contributed by atoms with Crippen molar-refractivity contribution in [2.24, 2.45) is 5.92 Å². The molecule has 1 aromatic rings. The summed E-state index contributed by atoms with van der Waals surface area (Å²) in [6.07, 6.45) is 0.0401.